The Kier molecular flexibility index (Phi) is 7.45. The van der Waals surface area contributed by atoms with Crippen LogP contribution in [-0.2, 0) is 19.8 Å². The first kappa shape index (κ1) is 25.9. The minimum absolute atomic E-state index is 0.174. The second-order valence-corrected chi connectivity index (χ2v) is 9.50. The molecule has 41 heavy (non-hydrogen) atoms. The Morgan fingerprint density at radius 1 is 0.561 bits per heavy atom. The topological polar surface area (TPSA) is 75.0 Å². The van der Waals surface area contributed by atoms with Crippen molar-refractivity contribution in [3.63, 3.8) is 0 Å². The fourth-order valence-corrected chi connectivity index (χ4v) is 4.74. The van der Waals surface area contributed by atoms with Crippen LogP contribution in [-0.4, -0.2) is 6.29 Å². The molecule has 0 fully saturated rings. The minimum Gasteiger partial charge on any atom is -0.485 e. The number of aldehydes is 1. The molecule has 0 saturated heterocycles. The van der Waals surface area contributed by atoms with Crippen molar-refractivity contribution in [2.24, 2.45) is 0 Å². The lowest BCUT2D eigenvalue weighted by Crippen LogP contribution is -2.07. The van der Waals surface area contributed by atoms with Gasteiger partial charge in [0.15, 0.2) is 29.1 Å². The molecule has 1 heterocycles. The lowest BCUT2D eigenvalue weighted by Gasteiger charge is -2.18. The zero-order chi connectivity index (χ0) is 28.0. The smallest absolute Gasteiger partial charge is 0.344 e. The molecule has 0 radical (unpaired) electrons. The first-order chi connectivity index (χ1) is 20.2. The molecule has 0 bridgehead atoms. The highest BCUT2D eigenvalue weighted by molar-refractivity contribution is 6.16. The van der Waals surface area contributed by atoms with Gasteiger partial charge in [0.25, 0.3) is 0 Å². The van der Waals surface area contributed by atoms with E-state index in [1.807, 2.05) is 91.0 Å². The Labute approximate surface area is 236 Å². The highest BCUT2D eigenvalue weighted by Gasteiger charge is 2.22. The van der Waals surface area contributed by atoms with Gasteiger partial charge >= 0.3 is 5.63 Å². The van der Waals surface area contributed by atoms with Gasteiger partial charge in [-0.1, -0.05) is 91.0 Å². The zero-order valence-electron chi connectivity index (χ0n) is 22.1. The van der Waals surface area contributed by atoms with Crippen LogP contribution in [0.3, 0.4) is 0 Å². The van der Waals surface area contributed by atoms with E-state index in [2.05, 4.69) is 0 Å². The van der Waals surface area contributed by atoms with Crippen molar-refractivity contribution in [3.05, 3.63) is 148 Å². The molecule has 0 spiro atoms. The minimum atomic E-state index is -0.570. The van der Waals surface area contributed by atoms with E-state index >= 15 is 0 Å². The predicted octanol–water partition coefficient (Wildman–Crippen LogP) is 7.50. The summed E-state index contributed by atoms with van der Waals surface area (Å²) in [5, 5.41) is 1.13. The predicted molar refractivity (Wildman–Crippen MR) is 158 cm³/mol. The normalized spacial score (nSPS) is 10.9. The van der Waals surface area contributed by atoms with Crippen molar-refractivity contribution in [2.45, 2.75) is 19.8 Å². The van der Waals surface area contributed by atoms with Gasteiger partial charge in [-0.15, -0.1) is 0 Å². The maximum absolute atomic E-state index is 13.3. The fraction of sp³-hybridized carbons (Fsp3) is 0.0857. The Morgan fingerprint density at radius 3 is 1.63 bits per heavy atom. The number of fused-ring (bicyclic) bond motifs is 3. The van der Waals surface area contributed by atoms with E-state index < -0.39 is 5.63 Å². The van der Waals surface area contributed by atoms with Crippen molar-refractivity contribution in [2.75, 3.05) is 0 Å². The molecule has 0 unspecified atom stereocenters. The van der Waals surface area contributed by atoms with Crippen molar-refractivity contribution < 1.29 is 23.4 Å². The lowest BCUT2D eigenvalue weighted by molar-refractivity contribution is 0.112. The number of carbonyl (C=O) groups excluding carboxylic acids is 1. The first-order valence-corrected chi connectivity index (χ1v) is 13.2. The molecule has 0 aliphatic heterocycles. The third-order valence-electron chi connectivity index (χ3n) is 6.77. The van der Waals surface area contributed by atoms with E-state index in [4.69, 9.17) is 18.6 Å². The molecule has 6 nitrogen and oxygen atoms in total. The van der Waals surface area contributed by atoms with E-state index in [1.54, 1.807) is 24.3 Å². The van der Waals surface area contributed by atoms with Crippen LogP contribution < -0.4 is 19.8 Å². The summed E-state index contributed by atoms with van der Waals surface area (Å²) in [4.78, 5) is 25.6. The van der Waals surface area contributed by atoms with E-state index in [0.717, 1.165) is 23.0 Å². The van der Waals surface area contributed by atoms with Gasteiger partial charge in [-0.05, 0) is 41.0 Å². The average Bonchev–Trinajstić information content (AvgIpc) is 3.03. The highest BCUT2D eigenvalue weighted by atomic mass is 16.5. The quantitative estimate of drug-likeness (QED) is 0.101. The Morgan fingerprint density at radius 2 is 1.07 bits per heavy atom. The maximum atomic E-state index is 13.3. The summed E-state index contributed by atoms with van der Waals surface area (Å²) in [5.41, 5.74) is 2.81. The summed E-state index contributed by atoms with van der Waals surface area (Å²) in [6.45, 7) is 0.777. The van der Waals surface area contributed by atoms with Crippen molar-refractivity contribution in [3.8, 4) is 17.2 Å². The van der Waals surface area contributed by atoms with Gasteiger partial charge in [-0.3, -0.25) is 4.79 Å². The van der Waals surface area contributed by atoms with Crippen molar-refractivity contribution in [1.29, 1.82) is 0 Å². The van der Waals surface area contributed by atoms with Gasteiger partial charge in [0.1, 0.15) is 19.8 Å². The first-order valence-electron chi connectivity index (χ1n) is 13.2. The highest BCUT2D eigenvalue weighted by Crippen LogP contribution is 2.42. The molecule has 0 aliphatic carbocycles. The molecule has 1 aromatic heterocycles. The van der Waals surface area contributed by atoms with Gasteiger partial charge in [0, 0.05) is 16.3 Å². The standard InChI is InChI=1S/C35H26O6/c36-20-27-16-18-30(39-22-25-12-6-2-7-13-25)34-31(27)32-28(35(37)41-34)17-19-29(38-21-24-10-4-1-5-11-24)33(32)40-23-26-14-8-3-9-15-26/h1-20H,21-23H2. The van der Waals surface area contributed by atoms with Crippen LogP contribution in [0.4, 0.5) is 0 Å². The molecule has 0 N–H and O–H groups in total. The summed E-state index contributed by atoms with van der Waals surface area (Å²) in [5.74, 6) is 1.14. The summed E-state index contributed by atoms with van der Waals surface area (Å²) < 4.78 is 24.5. The van der Waals surface area contributed by atoms with Gasteiger partial charge in [0.2, 0.25) is 0 Å². The Bertz CT molecular complexity index is 1860. The van der Waals surface area contributed by atoms with Crippen LogP contribution in [0.2, 0.25) is 0 Å². The van der Waals surface area contributed by atoms with Crippen molar-refractivity contribution in [1.82, 2.24) is 0 Å². The van der Waals surface area contributed by atoms with Crippen LogP contribution in [0.25, 0.3) is 21.7 Å². The van der Waals surface area contributed by atoms with Crippen molar-refractivity contribution >= 4 is 28.0 Å². The number of carbonyl (C=O) groups is 1. The largest absolute Gasteiger partial charge is 0.485 e. The fourth-order valence-electron chi connectivity index (χ4n) is 4.74. The van der Waals surface area contributed by atoms with Gasteiger partial charge in [-0.2, -0.15) is 0 Å². The molecule has 5 aromatic carbocycles. The van der Waals surface area contributed by atoms with Crippen LogP contribution in [0.5, 0.6) is 17.2 Å². The van der Waals surface area contributed by atoms with Crippen LogP contribution in [0, 0.1) is 0 Å². The van der Waals surface area contributed by atoms with E-state index in [1.165, 1.54) is 0 Å². The molecule has 6 rings (SSSR count). The molecule has 0 amide bonds. The van der Waals surface area contributed by atoms with Crippen LogP contribution in [0.1, 0.15) is 27.0 Å². The molecular formula is C35H26O6. The van der Waals surface area contributed by atoms with Crippen LogP contribution >= 0.6 is 0 Å². The monoisotopic (exact) mass is 542 g/mol. The molecule has 0 atom stereocenters. The maximum Gasteiger partial charge on any atom is 0.344 e. The number of rotatable bonds is 10. The molecule has 6 aromatic rings. The second kappa shape index (κ2) is 11.8. The second-order valence-electron chi connectivity index (χ2n) is 9.50. The lowest BCUT2D eigenvalue weighted by atomic mass is 10.0. The number of benzene rings is 5. The van der Waals surface area contributed by atoms with E-state index in [0.29, 0.717) is 40.2 Å². The van der Waals surface area contributed by atoms with Crippen LogP contribution in [0.15, 0.2) is 124 Å². The van der Waals surface area contributed by atoms with E-state index in [9.17, 15) is 9.59 Å². The Balaban J connectivity index is 1.52. The number of ether oxygens (including phenoxy) is 3. The molecular weight excluding hydrogens is 516 g/mol. The summed E-state index contributed by atoms with van der Waals surface area (Å²) in [6, 6.07) is 35.8. The van der Waals surface area contributed by atoms with Gasteiger partial charge in [0.05, 0.1) is 5.39 Å². The van der Waals surface area contributed by atoms with Gasteiger partial charge in [-0.25, -0.2) is 4.79 Å². The Hall–Kier alpha value is -5.36. The SMILES string of the molecule is O=Cc1ccc(OCc2ccccc2)c2oc(=O)c3ccc(OCc4ccccc4)c(OCc4ccccc4)c3c12. The number of hydrogen-bond donors (Lipinski definition) is 0. The van der Waals surface area contributed by atoms with E-state index in [-0.39, 0.29) is 24.2 Å². The summed E-state index contributed by atoms with van der Waals surface area (Å²) in [6.07, 6.45) is 0.737. The molecule has 0 aliphatic rings. The third-order valence-corrected chi connectivity index (χ3v) is 6.77. The average molecular weight is 543 g/mol. The molecule has 202 valence electrons. The molecule has 6 heteroatoms. The zero-order valence-corrected chi connectivity index (χ0v) is 22.1. The summed E-state index contributed by atoms with van der Waals surface area (Å²) >= 11 is 0. The summed E-state index contributed by atoms with van der Waals surface area (Å²) in [7, 11) is 0. The molecule has 0 saturated carbocycles. The number of hydrogen-bond acceptors (Lipinski definition) is 6. The van der Waals surface area contributed by atoms with Gasteiger partial charge < -0.3 is 18.6 Å². The third kappa shape index (κ3) is 5.54.